The number of hydrogen-bond acceptors (Lipinski definition) is 6. The number of hydrogen-bond donors (Lipinski definition) is 3. The molecule has 128 valence electrons. The third-order valence-corrected chi connectivity index (χ3v) is 4.25. The molecule has 4 N–H and O–H groups in total. The Morgan fingerprint density at radius 1 is 1.42 bits per heavy atom. The van der Waals surface area contributed by atoms with Crippen LogP contribution in [-0.4, -0.2) is 62.0 Å². The van der Waals surface area contributed by atoms with E-state index in [9.17, 15) is 14.7 Å². The van der Waals surface area contributed by atoms with Crippen LogP contribution in [0, 0.1) is 0 Å². The number of likely N-dealkylation sites (tertiary alicyclic amines) is 1. The molecular weight excluding hydrogens is 312 g/mol. The highest BCUT2D eigenvalue weighted by atomic mass is 16.3. The van der Waals surface area contributed by atoms with Gasteiger partial charge in [0.2, 0.25) is 5.91 Å². The number of aliphatic hydroxyl groups excluding tert-OH is 1. The summed E-state index contributed by atoms with van der Waals surface area (Å²) in [6, 6.07) is 6.84. The predicted octanol–water partition coefficient (Wildman–Crippen LogP) is -1.18. The van der Waals surface area contributed by atoms with Crippen LogP contribution < -0.4 is 11.1 Å². The molecule has 0 radical (unpaired) electrons. The number of aliphatic hydroxyl groups is 1. The Kier molecular flexibility index (Phi) is 4.72. The van der Waals surface area contributed by atoms with Crippen molar-refractivity contribution in [2.75, 3.05) is 13.1 Å². The number of amides is 2. The number of nitrogens with two attached hydrogens (primary N) is 1. The summed E-state index contributed by atoms with van der Waals surface area (Å²) in [6.07, 6.45) is 0.0268. The van der Waals surface area contributed by atoms with Gasteiger partial charge in [0, 0.05) is 6.54 Å². The van der Waals surface area contributed by atoms with E-state index in [1.807, 2.05) is 24.3 Å². The minimum atomic E-state index is -1.29. The van der Waals surface area contributed by atoms with Crippen molar-refractivity contribution in [3.63, 3.8) is 0 Å². The standard InChI is InChI=1S/C15H20N6O3/c16-8-13(22)20-7-3-6-12(20)14(23)15(24)17-9-21-11-5-2-1-4-10(11)18-19-21/h1-2,4-5,12,14,23H,3,6-9,16H2,(H,17,24)/t12-,14?/m0/s1. The molecule has 24 heavy (non-hydrogen) atoms. The lowest BCUT2D eigenvalue weighted by Gasteiger charge is -2.27. The number of nitrogens with zero attached hydrogens (tertiary/aromatic N) is 4. The van der Waals surface area contributed by atoms with Gasteiger partial charge in [-0.25, -0.2) is 4.68 Å². The Labute approximate surface area is 138 Å². The Balaban J connectivity index is 1.63. The molecule has 1 aromatic carbocycles. The smallest absolute Gasteiger partial charge is 0.252 e. The summed E-state index contributed by atoms with van der Waals surface area (Å²) in [6.45, 7) is 0.475. The molecule has 0 saturated carbocycles. The molecule has 0 bridgehead atoms. The van der Waals surface area contributed by atoms with Gasteiger partial charge in [0.15, 0.2) is 6.10 Å². The van der Waals surface area contributed by atoms with Crippen molar-refractivity contribution >= 4 is 22.8 Å². The maximum atomic E-state index is 12.2. The predicted molar refractivity (Wildman–Crippen MR) is 85.5 cm³/mol. The number of benzene rings is 1. The third kappa shape index (κ3) is 3.08. The molecule has 9 nitrogen and oxygen atoms in total. The number of carbonyl (C=O) groups excluding carboxylic acids is 2. The second kappa shape index (κ2) is 6.93. The molecule has 1 saturated heterocycles. The van der Waals surface area contributed by atoms with Crippen LogP contribution in [0.25, 0.3) is 11.0 Å². The van der Waals surface area contributed by atoms with Crippen molar-refractivity contribution in [1.29, 1.82) is 0 Å². The molecule has 0 aliphatic carbocycles. The van der Waals surface area contributed by atoms with Crippen LogP contribution in [-0.2, 0) is 16.3 Å². The van der Waals surface area contributed by atoms with E-state index in [1.54, 1.807) is 0 Å². The topological polar surface area (TPSA) is 126 Å². The Bertz CT molecular complexity index is 746. The molecule has 2 aromatic rings. The molecule has 1 fully saturated rings. The van der Waals surface area contributed by atoms with Crippen LogP contribution in [0.1, 0.15) is 12.8 Å². The maximum absolute atomic E-state index is 12.2. The van der Waals surface area contributed by atoms with Crippen molar-refractivity contribution in [3.8, 4) is 0 Å². The van der Waals surface area contributed by atoms with Crippen LogP contribution in [0.4, 0.5) is 0 Å². The van der Waals surface area contributed by atoms with E-state index >= 15 is 0 Å². The Morgan fingerprint density at radius 3 is 3.00 bits per heavy atom. The van der Waals surface area contributed by atoms with Gasteiger partial charge in [-0.15, -0.1) is 5.10 Å². The number of para-hydroxylation sites is 1. The van der Waals surface area contributed by atoms with Gasteiger partial charge in [-0.3, -0.25) is 9.59 Å². The highest BCUT2D eigenvalue weighted by molar-refractivity contribution is 5.84. The van der Waals surface area contributed by atoms with Gasteiger partial charge in [-0.1, -0.05) is 17.3 Å². The van der Waals surface area contributed by atoms with E-state index in [0.29, 0.717) is 13.0 Å². The van der Waals surface area contributed by atoms with Gasteiger partial charge >= 0.3 is 0 Å². The molecule has 1 aromatic heterocycles. The van der Waals surface area contributed by atoms with E-state index in [2.05, 4.69) is 15.6 Å². The first-order chi connectivity index (χ1) is 11.6. The monoisotopic (exact) mass is 332 g/mol. The maximum Gasteiger partial charge on any atom is 0.252 e. The molecule has 1 aliphatic heterocycles. The lowest BCUT2D eigenvalue weighted by molar-refractivity contribution is -0.138. The van der Waals surface area contributed by atoms with Gasteiger partial charge in [0.05, 0.1) is 18.1 Å². The number of nitrogens with one attached hydrogen (secondary N) is 1. The minimum absolute atomic E-state index is 0.0912. The average molecular weight is 332 g/mol. The molecule has 2 atom stereocenters. The molecule has 3 rings (SSSR count). The van der Waals surface area contributed by atoms with E-state index in [4.69, 9.17) is 5.73 Å². The highest BCUT2D eigenvalue weighted by Crippen LogP contribution is 2.20. The van der Waals surface area contributed by atoms with Crippen LogP contribution in [0.2, 0.25) is 0 Å². The van der Waals surface area contributed by atoms with Crippen molar-refractivity contribution in [3.05, 3.63) is 24.3 Å². The summed E-state index contributed by atoms with van der Waals surface area (Å²) in [4.78, 5) is 25.5. The number of aromatic nitrogens is 3. The first-order valence-electron chi connectivity index (χ1n) is 7.85. The van der Waals surface area contributed by atoms with Crippen molar-refractivity contribution in [2.45, 2.75) is 31.7 Å². The fourth-order valence-electron chi connectivity index (χ4n) is 3.01. The highest BCUT2D eigenvalue weighted by Gasteiger charge is 2.36. The lowest BCUT2D eigenvalue weighted by atomic mass is 10.1. The normalized spacial score (nSPS) is 18.8. The van der Waals surface area contributed by atoms with Gasteiger partial charge in [-0.05, 0) is 25.0 Å². The zero-order valence-corrected chi connectivity index (χ0v) is 13.1. The number of rotatable bonds is 5. The van der Waals surface area contributed by atoms with Crippen molar-refractivity contribution in [1.82, 2.24) is 25.2 Å². The second-order valence-corrected chi connectivity index (χ2v) is 5.72. The van der Waals surface area contributed by atoms with Crippen molar-refractivity contribution in [2.24, 2.45) is 5.73 Å². The average Bonchev–Trinajstić information content (AvgIpc) is 3.25. The first-order valence-corrected chi connectivity index (χ1v) is 7.85. The number of carbonyl (C=O) groups is 2. The van der Waals surface area contributed by atoms with Crippen LogP contribution >= 0.6 is 0 Å². The summed E-state index contributed by atoms with van der Waals surface area (Å²) in [5.41, 5.74) is 6.88. The largest absolute Gasteiger partial charge is 0.381 e. The lowest BCUT2D eigenvalue weighted by Crippen LogP contribution is -2.51. The van der Waals surface area contributed by atoms with Gasteiger partial charge in [0.1, 0.15) is 12.2 Å². The summed E-state index contributed by atoms with van der Waals surface area (Å²) >= 11 is 0. The second-order valence-electron chi connectivity index (χ2n) is 5.72. The van der Waals surface area contributed by atoms with E-state index in [0.717, 1.165) is 17.5 Å². The van der Waals surface area contributed by atoms with Gasteiger partial charge in [-0.2, -0.15) is 0 Å². The van der Waals surface area contributed by atoms with Crippen LogP contribution in [0.5, 0.6) is 0 Å². The molecule has 0 spiro atoms. The van der Waals surface area contributed by atoms with Crippen LogP contribution in [0.15, 0.2) is 24.3 Å². The molecule has 2 heterocycles. The summed E-state index contributed by atoms with van der Waals surface area (Å²) in [7, 11) is 0. The molecular formula is C15H20N6O3. The first kappa shape index (κ1) is 16.3. The third-order valence-electron chi connectivity index (χ3n) is 4.25. The quantitative estimate of drug-likeness (QED) is 0.632. The Morgan fingerprint density at radius 2 is 2.21 bits per heavy atom. The fourth-order valence-corrected chi connectivity index (χ4v) is 3.01. The fraction of sp³-hybridized carbons (Fsp3) is 0.467. The van der Waals surface area contributed by atoms with E-state index < -0.39 is 18.1 Å². The summed E-state index contributed by atoms with van der Waals surface area (Å²) < 4.78 is 1.54. The van der Waals surface area contributed by atoms with Crippen LogP contribution in [0.3, 0.4) is 0 Å². The zero-order chi connectivity index (χ0) is 17.1. The molecule has 1 aliphatic rings. The van der Waals surface area contributed by atoms with Gasteiger partial charge in [0.25, 0.3) is 5.91 Å². The summed E-state index contributed by atoms with van der Waals surface area (Å²) in [5.74, 6) is -0.803. The van der Waals surface area contributed by atoms with Gasteiger partial charge < -0.3 is 21.1 Å². The summed E-state index contributed by atoms with van der Waals surface area (Å²) in [5, 5.41) is 20.9. The number of fused-ring (bicyclic) bond motifs is 1. The van der Waals surface area contributed by atoms with E-state index in [-0.39, 0.29) is 19.1 Å². The SMILES string of the molecule is NCC(=O)N1CCC[C@H]1C(O)C(=O)NCn1nnc2ccccc21. The Hall–Kier alpha value is -2.52. The zero-order valence-electron chi connectivity index (χ0n) is 13.1. The van der Waals surface area contributed by atoms with Crippen molar-refractivity contribution < 1.29 is 14.7 Å². The minimum Gasteiger partial charge on any atom is -0.381 e. The molecule has 9 heteroatoms. The molecule has 2 amide bonds. The molecule has 1 unspecified atom stereocenters. The van der Waals surface area contributed by atoms with E-state index in [1.165, 1.54) is 9.58 Å².